The smallest absolute Gasteiger partial charge is 0.461 e. The number of benzene rings is 1. The van der Waals surface area contributed by atoms with Crippen molar-refractivity contribution in [3.05, 3.63) is 35.4 Å². The number of hydrogen-bond acceptors (Lipinski definition) is 4. The zero-order valence-corrected chi connectivity index (χ0v) is 22.5. The van der Waals surface area contributed by atoms with Gasteiger partial charge in [0.2, 0.25) is 0 Å². The Morgan fingerprint density at radius 1 is 0.950 bits per heavy atom. The lowest BCUT2D eigenvalue weighted by molar-refractivity contribution is -0.396. The molecule has 2 aliphatic rings. The van der Waals surface area contributed by atoms with Crippen LogP contribution in [0.5, 0.6) is 5.75 Å². The Bertz CT molecular complexity index is 1130. The summed E-state index contributed by atoms with van der Waals surface area (Å²) < 4.78 is 139. The Morgan fingerprint density at radius 2 is 1.52 bits per heavy atom. The van der Waals surface area contributed by atoms with Gasteiger partial charge in [-0.05, 0) is 88.2 Å². The first-order valence-corrected chi connectivity index (χ1v) is 12.6. The van der Waals surface area contributed by atoms with Crippen molar-refractivity contribution in [3.8, 4) is 5.75 Å². The van der Waals surface area contributed by atoms with E-state index in [2.05, 4.69) is 0 Å². The molecule has 224 valence electrons. The standard InChI is InChI=1S/C26H30BF9O4/c1-15-11-18(37)12-16-13-19(8-9-20(15)16)38-10-6-7-17(27-39-21(2,3)22(4,5)40-27)14-23(28,29)24(30,31)25(32,33)26(34,35)36/h8-9,11,13,17H,6-7,10,12,14H2,1-5H3. The number of ether oxygens (including phenoxy) is 1. The average molecular weight is 588 g/mol. The highest BCUT2D eigenvalue weighted by molar-refractivity contribution is 6.47. The van der Waals surface area contributed by atoms with Crippen LogP contribution in [0.2, 0.25) is 5.82 Å². The summed E-state index contributed by atoms with van der Waals surface area (Å²) in [6.07, 6.45) is -7.76. The predicted octanol–water partition coefficient (Wildman–Crippen LogP) is 7.69. The van der Waals surface area contributed by atoms with Crippen LogP contribution in [0.3, 0.4) is 0 Å². The zero-order valence-electron chi connectivity index (χ0n) is 22.5. The van der Waals surface area contributed by atoms with Gasteiger partial charge in [-0.15, -0.1) is 0 Å². The quantitative estimate of drug-likeness (QED) is 0.160. The molecule has 1 unspecified atom stereocenters. The number of fused-ring (bicyclic) bond motifs is 1. The van der Waals surface area contributed by atoms with Gasteiger partial charge in [-0.3, -0.25) is 4.79 Å². The molecule has 0 saturated carbocycles. The number of alkyl halides is 9. The Morgan fingerprint density at radius 3 is 2.08 bits per heavy atom. The van der Waals surface area contributed by atoms with Crippen LogP contribution in [0.15, 0.2) is 24.3 Å². The van der Waals surface area contributed by atoms with Gasteiger partial charge in [-0.2, -0.15) is 39.5 Å². The highest BCUT2D eigenvalue weighted by atomic mass is 19.4. The summed E-state index contributed by atoms with van der Waals surface area (Å²) in [5.74, 6) is -20.9. The lowest BCUT2D eigenvalue weighted by Crippen LogP contribution is -2.61. The molecule has 1 aromatic rings. The van der Waals surface area contributed by atoms with Crippen molar-refractivity contribution in [2.24, 2.45) is 0 Å². The molecule has 3 rings (SSSR count). The minimum atomic E-state index is -6.98. The molecule has 1 heterocycles. The molecule has 1 aliphatic heterocycles. The molecule has 0 aromatic heterocycles. The summed E-state index contributed by atoms with van der Waals surface area (Å²) in [6, 6.07) is 4.98. The Labute approximate surface area is 226 Å². The van der Waals surface area contributed by atoms with E-state index in [1.54, 1.807) is 25.1 Å². The van der Waals surface area contributed by atoms with Crippen molar-refractivity contribution in [2.75, 3.05) is 6.61 Å². The predicted molar refractivity (Wildman–Crippen MR) is 129 cm³/mol. The van der Waals surface area contributed by atoms with E-state index in [1.807, 2.05) is 0 Å². The molecule has 0 bridgehead atoms. The number of rotatable bonds is 10. The van der Waals surface area contributed by atoms with Gasteiger partial charge in [0.1, 0.15) is 5.75 Å². The Balaban J connectivity index is 1.76. The van der Waals surface area contributed by atoms with Crippen LogP contribution in [-0.4, -0.2) is 54.7 Å². The lowest BCUT2D eigenvalue weighted by Gasteiger charge is -2.35. The molecule has 1 fully saturated rings. The largest absolute Gasteiger partial charge is 0.494 e. The Hall–Kier alpha value is -2.22. The molecule has 0 radical (unpaired) electrons. The number of carbonyl (C=O) groups is 1. The van der Waals surface area contributed by atoms with Crippen molar-refractivity contribution in [1.29, 1.82) is 0 Å². The van der Waals surface area contributed by atoms with E-state index >= 15 is 0 Å². The highest BCUT2D eigenvalue weighted by Crippen LogP contribution is 2.56. The summed E-state index contributed by atoms with van der Waals surface area (Å²) in [7, 11) is -1.59. The van der Waals surface area contributed by atoms with Crippen LogP contribution in [0.1, 0.15) is 65.0 Å². The van der Waals surface area contributed by atoms with Gasteiger partial charge >= 0.3 is 31.1 Å². The normalized spacial score (nSPS) is 20.3. The number of allylic oxidation sites excluding steroid dienone is 2. The molecule has 0 spiro atoms. The van der Waals surface area contributed by atoms with E-state index in [-0.39, 0.29) is 31.7 Å². The summed E-state index contributed by atoms with van der Waals surface area (Å²) in [5.41, 5.74) is 0.106. The van der Waals surface area contributed by atoms with Crippen molar-refractivity contribution >= 4 is 18.5 Å². The maximum Gasteiger partial charge on any atom is 0.461 e. The van der Waals surface area contributed by atoms with E-state index in [9.17, 15) is 44.3 Å². The van der Waals surface area contributed by atoms with Crippen molar-refractivity contribution in [3.63, 3.8) is 0 Å². The van der Waals surface area contributed by atoms with Gasteiger partial charge in [-0.1, -0.05) is 6.07 Å². The number of hydrogen-bond donors (Lipinski definition) is 0. The summed E-state index contributed by atoms with van der Waals surface area (Å²) in [5, 5.41) is 0. The fraction of sp³-hybridized carbons (Fsp3) is 0.654. The van der Waals surface area contributed by atoms with Crippen LogP contribution in [-0.2, 0) is 20.5 Å². The topological polar surface area (TPSA) is 44.8 Å². The SMILES string of the molecule is CC1=CC(=O)Cc2cc(OCCCC(CC(F)(F)C(F)(F)C(F)(F)C(F)(F)F)B3OC(C)(C)C(C)(C)O3)ccc21. The van der Waals surface area contributed by atoms with E-state index in [0.717, 1.165) is 11.1 Å². The fourth-order valence-corrected chi connectivity index (χ4v) is 4.56. The van der Waals surface area contributed by atoms with Gasteiger partial charge in [-0.25, -0.2) is 0 Å². The molecular formula is C26H30BF9O4. The molecule has 0 N–H and O–H groups in total. The third-order valence-corrected chi connectivity index (χ3v) is 7.62. The minimum absolute atomic E-state index is 0.0823. The molecule has 14 heteroatoms. The maximum atomic E-state index is 14.6. The first kappa shape index (κ1) is 32.3. The van der Waals surface area contributed by atoms with E-state index in [4.69, 9.17) is 14.0 Å². The molecule has 1 aromatic carbocycles. The van der Waals surface area contributed by atoms with Crippen LogP contribution < -0.4 is 4.74 Å². The molecule has 4 nitrogen and oxygen atoms in total. The molecular weight excluding hydrogens is 558 g/mol. The number of ketones is 1. The molecule has 1 atom stereocenters. The third-order valence-electron chi connectivity index (χ3n) is 7.62. The molecule has 1 saturated heterocycles. The third kappa shape index (κ3) is 6.02. The Kier molecular flexibility index (Phi) is 8.53. The number of halogens is 9. The van der Waals surface area contributed by atoms with Crippen molar-refractivity contribution in [1.82, 2.24) is 0 Å². The summed E-state index contributed by atoms with van der Waals surface area (Å²) in [4.78, 5) is 11.8. The van der Waals surface area contributed by atoms with Crippen LogP contribution in [0.4, 0.5) is 39.5 Å². The minimum Gasteiger partial charge on any atom is -0.494 e. The van der Waals surface area contributed by atoms with E-state index < -0.39 is 54.5 Å². The van der Waals surface area contributed by atoms with Crippen LogP contribution >= 0.6 is 0 Å². The highest BCUT2D eigenvalue weighted by Gasteiger charge is 2.81. The van der Waals surface area contributed by atoms with Gasteiger partial charge in [0.25, 0.3) is 0 Å². The maximum absolute atomic E-state index is 14.6. The zero-order chi connectivity index (χ0) is 30.5. The van der Waals surface area contributed by atoms with E-state index in [1.165, 1.54) is 33.8 Å². The van der Waals surface area contributed by atoms with Crippen molar-refractivity contribution < 1.29 is 58.4 Å². The van der Waals surface area contributed by atoms with Gasteiger partial charge in [0.15, 0.2) is 5.78 Å². The van der Waals surface area contributed by atoms with Crippen LogP contribution in [0.25, 0.3) is 5.57 Å². The van der Waals surface area contributed by atoms with Crippen molar-refractivity contribution in [2.45, 2.75) is 101 Å². The second-order valence-corrected chi connectivity index (χ2v) is 11.2. The van der Waals surface area contributed by atoms with Gasteiger partial charge < -0.3 is 14.0 Å². The second kappa shape index (κ2) is 10.6. The summed E-state index contributed by atoms with van der Waals surface area (Å²) in [6.45, 7) is 7.78. The van der Waals surface area contributed by atoms with Crippen LogP contribution in [0, 0.1) is 0 Å². The summed E-state index contributed by atoms with van der Waals surface area (Å²) >= 11 is 0. The fourth-order valence-electron chi connectivity index (χ4n) is 4.56. The molecule has 40 heavy (non-hydrogen) atoms. The molecule has 0 amide bonds. The lowest BCUT2D eigenvalue weighted by atomic mass is 9.66. The average Bonchev–Trinajstić information content (AvgIpc) is 3.01. The molecule has 1 aliphatic carbocycles. The monoisotopic (exact) mass is 588 g/mol. The first-order chi connectivity index (χ1) is 18.0. The number of carbonyl (C=O) groups excluding carboxylic acids is 1. The first-order valence-electron chi connectivity index (χ1n) is 12.6. The van der Waals surface area contributed by atoms with Gasteiger partial charge in [0.05, 0.1) is 17.8 Å². The van der Waals surface area contributed by atoms with E-state index in [0.29, 0.717) is 11.3 Å². The second-order valence-electron chi connectivity index (χ2n) is 11.2. The van der Waals surface area contributed by atoms with Gasteiger partial charge in [0, 0.05) is 12.8 Å².